The standard InChI is InChI=1S/C21H29FN2O5S2/c1-15(2)31(28,29)24-14-21(3,25)19-9-7-16(8-10-19)18-6-5-17(20(22)13-18)11-12-23-30(4,26)27/h5-10,13,15,23-25H,11-12,14H2,1-4H3. The molecule has 1 unspecified atom stereocenters. The number of aliphatic hydroxyl groups is 1. The van der Waals surface area contributed by atoms with Gasteiger partial charge in [-0.1, -0.05) is 36.4 Å². The monoisotopic (exact) mass is 472 g/mol. The van der Waals surface area contributed by atoms with E-state index in [1.165, 1.54) is 13.0 Å². The third-order valence-corrected chi connectivity index (χ3v) is 7.41. The number of sulfonamides is 2. The van der Waals surface area contributed by atoms with E-state index in [-0.39, 0.29) is 19.5 Å². The van der Waals surface area contributed by atoms with Gasteiger partial charge in [0, 0.05) is 13.1 Å². The first-order chi connectivity index (χ1) is 14.2. The van der Waals surface area contributed by atoms with Crippen molar-refractivity contribution in [2.24, 2.45) is 0 Å². The highest BCUT2D eigenvalue weighted by molar-refractivity contribution is 7.90. The van der Waals surface area contributed by atoms with Crippen LogP contribution < -0.4 is 9.44 Å². The zero-order valence-corrected chi connectivity index (χ0v) is 19.6. The van der Waals surface area contributed by atoms with Crippen molar-refractivity contribution in [2.75, 3.05) is 19.3 Å². The van der Waals surface area contributed by atoms with Gasteiger partial charge in [0.1, 0.15) is 11.4 Å². The molecule has 0 amide bonds. The number of hydrogen-bond donors (Lipinski definition) is 3. The summed E-state index contributed by atoms with van der Waals surface area (Å²) in [5, 5.41) is 10.1. The fourth-order valence-electron chi connectivity index (χ4n) is 2.83. The van der Waals surface area contributed by atoms with Crippen LogP contribution in [-0.4, -0.2) is 46.5 Å². The number of rotatable bonds is 10. The first kappa shape index (κ1) is 25.4. The van der Waals surface area contributed by atoms with Crippen molar-refractivity contribution in [3.05, 3.63) is 59.4 Å². The molecule has 7 nitrogen and oxygen atoms in total. The van der Waals surface area contributed by atoms with Crippen LogP contribution >= 0.6 is 0 Å². The molecule has 0 heterocycles. The van der Waals surface area contributed by atoms with Crippen LogP contribution in [-0.2, 0) is 32.1 Å². The average Bonchev–Trinajstić information content (AvgIpc) is 2.67. The Morgan fingerprint density at radius 1 is 1.00 bits per heavy atom. The van der Waals surface area contributed by atoms with Gasteiger partial charge in [0.2, 0.25) is 20.0 Å². The van der Waals surface area contributed by atoms with Crippen molar-refractivity contribution < 1.29 is 26.3 Å². The van der Waals surface area contributed by atoms with Gasteiger partial charge in [-0.2, -0.15) is 0 Å². The summed E-state index contributed by atoms with van der Waals surface area (Å²) in [7, 11) is -6.83. The lowest BCUT2D eigenvalue weighted by Crippen LogP contribution is -2.41. The van der Waals surface area contributed by atoms with Crippen molar-refractivity contribution in [1.82, 2.24) is 9.44 Å². The summed E-state index contributed by atoms with van der Waals surface area (Å²) in [6.45, 7) is 4.57. The molecule has 0 saturated heterocycles. The van der Waals surface area contributed by atoms with E-state index in [1.54, 1.807) is 50.2 Å². The van der Waals surface area contributed by atoms with E-state index in [0.717, 1.165) is 11.8 Å². The van der Waals surface area contributed by atoms with E-state index in [0.29, 0.717) is 16.7 Å². The third kappa shape index (κ3) is 7.36. The lowest BCUT2D eigenvalue weighted by atomic mass is 9.93. The van der Waals surface area contributed by atoms with Crippen molar-refractivity contribution in [3.63, 3.8) is 0 Å². The van der Waals surface area contributed by atoms with E-state index in [4.69, 9.17) is 0 Å². The molecule has 0 saturated carbocycles. The Morgan fingerprint density at radius 2 is 1.58 bits per heavy atom. The number of halogens is 1. The fraction of sp³-hybridized carbons (Fsp3) is 0.429. The van der Waals surface area contributed by atoms with E-state index >= 15 is 0 Å². The SMILES string of the molecule is CC(C)S(=O)(=O)NCC(C)(O)c1ccc(-c2ccc(CCNS(C)(=O)=O)c(F)c2)cc1. The van der Waals surface area contributed by atoms with E-state index in [1.807, 2.05) is 0 Å². The minimum atomic E-state index is -3.50. The zero-order chi connectivity index (χ0) is 23.4. The second kappa shape index (κ2) is 9.74. The van der Waals surface area contributed by atoms with Crippen LogP contribution in [0.1, 0.15) is 31.9 Å². The largest absolute Gasteiger partial charge is 0.384 e. The average molecular weight is 473 g/mol. The molecule has 31 heavy (non-hydrogen) atoms. The van der Waals surface area contributed by atoms with Crippen LogP contribution in [0.3, 0.4) is 0 Å². The minimum Gasteiger partial charge on any atom is -0.384 e. The van der Waals surface area contributed by atoms with Crippen molar-refractivity contribution >= 4 is 20.0 Å². The Hall–Kier alpha value is -1.85. The molecule has 0 fully saturated rings. The molecule has 0 spiro atoms. The van der Waals surface area contributed by atoms with Crippen molar-refractivity contribution in [1.29, 1.82) is 0 Å². The summed E-state index contributed by atoms with van der Waals surface area (Å²) in [4.78, 5) is 0. The van der Waals surface area contributed by atoms with Gasteiger partial charge in [0.15, 0.2) is 0 Å². The summed E-state index contributed by atoms with van der Waals surface area (Å²) in [6, 6.07) is 11.5. The zero-order valence-electron chi connectivity index (χ0n) is 18.0. The first-order valence-corrected chi connectivity index (χ1v) is 13.2. The van der Waals surface area contributed by atoms with Gasteiger partial charge in [-0.3, -0.25) is 0 Å². The molecule has 2 rings (SSSR count). The molecule has 0 aliphatic rings. The smallest absolute Gasteiger partial charge is 0.214 e. The molecule has 0 aliphatic heterocycles. The lowest BCUT2D eigenvalue weighted by Gasteiger charge is -2.25. The molecule has 0 aliphatic carbocycles. The van der Waals surface area contributed by atoms with Gasteiger partial charge in [0.25, 0.3) is 0 Å². The summed E-state index contributed by atoms with van der Waals surface area (Å²) < 4.78 is 65.2. The second-order valence-corrected chi connectivity index (χ2v) is 12.1. The Bertz CT molecular complexity index is 1110. The Labute approximate surface area is 183 Å². The normalized spacial score (nSPS) is 14.5. The number of nitrogens with one attached hydrogen (secondary N) is 2. The van der Waals surface area contributed by atoms with E-state index in [9.17, 15) is 26.3 Å². The predicted molar refractivity (Wildman–Crippen MR) is 120 cm³/mol. The Kier molecular flexibility index (Phi) is 7.99. The quantitative estimate of drug-likeness (QED) is 0.490. The number of benzene rings is 2. The van der Waals surface area contributed by atoms with Gasteiger partial charge in [-0.05, 0) is 55.5 Å². The number of hydrogen-bond acceptors (Lipinski definition) is 5. The molecule has 0 aromatic heterocycles. The molecule has 1 atom stereocenters. The van der Waals surface area contributed by atoms with E-state index in [2.05, 4.69) is 9.44 Å². The lowest BCUT2D eigenvalue weighted by molar-refractivity contribution is 0.0627. The van der Waals surface area contributed by atoms with Gasteiger partial charge in [-0.15, -0.1) is 0 Å². The maximum absolute atomic E-state index is 14.4. The summed E-state index contributed by atoms with van der Waals surface area (Å²) in [5.74, 6) is -0.438. The van der Waals surface area contributed by atoms with Crippen LogP contribution in [0.4, 0.5) is 4.39 Å². The first-order valence-electron chi connectivity index (χ1n) is 9.76. The van der Waals surface area contributed by atoms with Crippen LogP contribution in [0, 0.1) is 5.82 Å². The molecule has 2 aromatic carbocycles. The van der Waals surface area contributed by atoms with Crippen LogP contribution in [0.25, 0.3) is 11.1 Å². The molecule has 0 bridgehead atoms. The highest BCUT2D eigenvalue weighted by Crippen LogP contribution is 2.26. The molecule has 2 aromatic rings. The molecule has 10 heteroatoms. The second-order valence-electron chi connectivity index (χ2n) is 7.99. The van der Waals surface area contributed by atoms with E-state index < -0.39 is 36.7 Å². The summed E-state index contributed by atoms with van der Waals surface area (Å²) >= 11 is 0. The van der Waals surface area contributed by atoms with Gasteiger partial charge < -0.3 is 5.11 Å². The minimum absolute atomic E-state index is 0.111. The third-order valence-electron chi connectivity index (χ3n) is 4.89. The van der Waals surface area contributed by atoms with Gasteiger partial charge in [0.05, 0.1) is 11.5 Å². The fourth-order valence-corrected chi connectivity index (χ4v) is 4.12. The van der Waals surface area contributed by atoms with Crippen molar-refractivity contribution in [2.45, 2.75) is 38.0 Å². The van der Waals surface area contributed by atoms with Crippen LogP contribution in [0.2, 0.25) is 0 Å². The van der Waals surface area contributed by atoms with Gasteiger partial charge >= 0.3 is 0 Å². The molecular weight excluding hydrogens is 443 g/mol. The molecular formula is C21H29FN2O5S2. The van der Waals surface area contributed by atoms with Crippen LogP contribution in [0.15, 0.2) is 42.5 Å². The maximum atomic E-state index is 14.4. The topological polar surface area (TPSA) is 113 Å². The molecule has 0 radical (unpaired) electrons. The highest BCUT2D eigenvalue weighted by atomic mass is 32.2. The van der Waals surface area contributed by atoms with Gasteiger partial charge in [-0.25, -0.2) is 30.7 Å². The van der Waals surface area contributed by atoms with Crippen molar-refractivity contribution in [3.8, 4) is 11.1 Å². The Morgan fingerprint density at radius 3 is 2.10 bits per heavy atom. The van der Waals surface area contributed by atoms with Crippen LogP contribution in [0.5, 0.6) is 0 Å². The molecule has 172 valence electrons. The summed E-state index contributed by atoms with van der Waals surface area (Å²) in [6.07, 6.45) is 1.28. The Balaban J connectivity index is 2.11. The molecule has 3 N–H and O–H groups in total. The maximum Gasteiger partial charge on any atom is 0.214 e. The highest BCUT2D eigenvalue weighted by Gasteiger charge is 2.26. The summed E-state index contributed by atoms with van der Waals surface area (Å²) in [5.41, 5.74) is 0.858. The predicted octanol–water partition coefficient (Wildman–Crippen LogP) is 2.12.